The molecule has 5 N–H and O–H groups in total. The summed E-state index contributed by atoms with van der Waals surface area (Å²) in [7, 11) is 4.21. The number of amides is 2. The zero-order chi connectivity index (χ0) is 26.9. The second kappa shape index (κ2) is 10.3. The first-order valence-electron chi connectivity index (χ1n) is 11.0. The number of likely N-dealkylation sites (N-methyl/N-ethyl adjacent to an activating group) is 1. The number of ether oxygens (including phenoxy) is 2. The number of nitrogens with zero attached hydrogens (tertiary/aromatic N) is 5. The number of nitrogen functional groups attached to an aromatic ring is 1. The molecule has 2 aromatic heterocycles. The van der Waals surface area contributed by atoms with Gasteiger partial charge in [-0.25, -0.2) is 19.3 Å². The Morgan fingerprint density at radius 1 is 1.32 bits per heavy atom. The lowest BCUT2D eigenvalue weighted by Crippen LogP contribution is -2.41. The Hall–Kier alpha value is -4.32. The van der Waals surface area contributed by atoms with E-state index in [0.717, 1.165) is 6.07 Å². The van der Waals surface area contributed by atoms with Crippen LogP contribution >= 0.6 is 0 Å². The molecule has 37 heavy (non-hydrogen) atoms. The third kappa shape index (κ3) is 4.87. The van der Waals surface area contributed by atoms with E-state index in [2.05, 4.69) is 32.1 Å². The van der Waals surface area contributed by atoms with Crippen molar-refractivity contribution in [2.24, 2.45) is 0 Å². The van der Waals surface area contributed by atoms with Crippen LogP contribution in [0.4, 0.5) is 10.2 Å². The molecule has 1 fully saturated rings. The van der Waals surface area contributed by atoms with E-state index in [1.165, 1.54) is 49.1 Å². The van der Waals surface area contributed by atoms with Crippen molar-refractivity contribution in [1.82, 2.24) is 29.7 Å². The van der Waals surface area contributed by atoms with E-state index < -0.39 is 42.2 Å². The highest BCUT2D eigenvalue weighted by Gasteiger charge is 2.47. The van der Waals surface area contributed by atoms with E-state index in [0.29, 0.717) is 0 Å². The minimum Gasteiger partial charge on any atom is -0.494 e. The van der Waals surface area contributed by atoms with Crippen LogP contribution in [0, 0.1) is 17.7 Å². The lowest BCUT2D eigenvalue weighted by Gasteiger charge is -2.16. The van der Waals surface area contributed by atoms with Gasteiger partial charge in [-0.3, -0.25) is 14.2 Å². The number of carbonyl (C=O) groups is 2. The van der Waals surface area contributed by atoms with Crippen molar-refractivity contribution in [1.29, 1.82) is 0 Å². The lowest BCUT2D eigenvalue weighted by molar-refractivity contribution is -0.137. The van der Waals surface area contributed by atoms with Gasteiger partial charge in [-0.2, -0.15) is 0 Å². The maximum atomic E-state index is 13.9. The second-order valence-electron chi connectivity index (χ2n) is 8.11. The molecule has 0 bridgehead atoms. The highest BCUT2D eigenvalue weighted by atomic mass is 19.1. The Kier molecular flexibility index (Phi) is 7.21. The smallest absolute Gasteiger partial charge is 0.254 e. The van der Waals surface area contributed by atoms with Crippen molar-refractivity contribution in [2.45, 2.75) is 24.5 Å². The topological polar surface area (TPSA) is 178 Å². The summed E-state index contributed by atoms with van der Waals surface area (Å²) in [6.45, 7) is -0.0303. The Morgan fingerprint density at radius 3 is 2.76 bits per heavy atom. The van der Waals surface area contributed by atoms with Crippen molar-refractivity contribution in [3.8, 4) is 17.6 Å². The molecule has 0 radical (unpaired) electrons. The molecule has 0 aliphatic carbocycles. The fourth-order valence-electron chi connectivity index (χ4n) is 3.76. The van der Waals surface area contributed by atoms with Crippen LogP contribution in [0.5, 0.6) is 5.75 Å². The summed E-state index contributed by atoms with van der Waals surface area (Å²) in [4.78, 5) is 38.4. The van der Waals surface area contributed by atoms with Crippen LogP contribution in [0.25, 0.3) is 11.2 Å². The summed E-state index contributed by atoms with van der Waals surface area (Å²) >= 11 is 0. The zero-order valence-corrected chi connectivity index (χ0v) is 20.0. The van der Waals surface area contributed by atoms with Crippen LogP contribution in [0.1, 0.15) is 22.4 Å². The van der Waals surface area contributed by atoms with Crippen LogP contribution in [0.15, 0.2) is 24.5 Å². The molecule has 2 amide bonds. The van der Waals surface area contributed by atoms with Gasteiger partial charge in [-0.15, -0.1) is 0 Å². The van der Waals surface area contributed by atoms with E-state index in [1.54, 1.807) is 0 Å². The molecule has 4 atom stereocenters. The number of nitrogens with two attached hydrogens (primary N) is 1. The Balaban J connectivity index is 1.54. The number of nitrogens with one attached hydrogen (secondary N) is 1. The van der Waals surface area contributed by atoms with Gasteiger partial charge in [-0.05, 0) is 24.1 Å². The maximum absolute atomic E-state index is 13.9. The summed E-state index contributed by atoms with van der Waals surface area (Å²) in [5.41, 5.74) is 6.48. The minimum atomic E-state index is -1.48. The number of anilines is 1. The normalized spacial score (nSPS) is 20.8. The maximum Gasteiger partial charge on any atom is 0.254 e. The first kappa shape index (κ1) is 25.8. The predicted octanol–water partition coefficient (Wildman–Crippen LogP) is -0.955. The molecule has 13 nitrogen and oxygen atoms in total. The molecule has 1 saturated heterocycles. The number of rotatable bonds is 5. The summed E-state index contributed by atoms with van der Waals surface area (Å²) in [6, 6.07) is 3.88. The van der Waals surface area contributed by atoms with Gasteiger partial charge in [0.15, 0.2) is 35.4 Å². The van der Waals surface area contributed by atoms with Crippen molar-refractivity contribution < 1.29 is 33.7 Å². The highest BCUT2D eigenvalue weighted by molar-refractivity contribution is 5.94. The number of carbonyl (C=O) groups excluding carboxylic acids is 2. The minimum absolute atomic E-state index is 0.000947. The standard InChI is InChI=1S/C23H24FN7O6/c1-26-21(34)18-16(32)17(33)23(37-18)31-10-27-15-19(25)28-14(29-20(15)31)5-4-8-30(2)22(35)11-6-7-13(36-3)12(24)9-11/h6-7,9-10,16-18,23,32-33H,8H2,1-3H3,(H,26,34)(H2,25,28,29)/t16-,17+,18-,23+/m0/s1. The van der Waals surface area contributed by atoms with Gasteiger partial charge in [-0.1, -0.05) is 5.92 Å². The van der Waals surface area contributed by atoms with Gasteiger partial charge in [0.25, 0.3) is 11.8 Å². The van der Waals surface area contributed by atoms with E-state index in [9.17, 15) is 24.2 Å². The molecular formula is C23H24FN7O6. The molecular weight excluding hydrogens is 489 g/mol. The summed E-state index contributed by atoms with van der Waals surface area (Å²) < 4.78 is 25.7. The third-order valence-corrected chi connectivity index (χ3v) is 5.73. The monoisotopic (exact) mass is 513 g/mol. The number of hydrogen-bond acceptors (Lipinski definition) is 10. The van der Waals surface area contributed by atoms with Crippen LogP contribution in [0.3, 0.4) is 0 Å². The predicted molar refractivity (Wildman–Crippen MR) is 127 cm³/mol. The Labute approximate surface area is 210 Å². The fraction of sp³-hybridized carbons (Fsp3) is 0.348. The zero-order valence-electron chi connectivity index (χ0n) is 20.0. The largest absolute Gasteiger partial charge is 0.494 e. The molecule has 14 heteroatoms. The molecule has 1 aliphatic heterocycles. The van der Waals surface area contributed by atoms with E-state index in [4.69, 9.17) is 15.2 Å². The average Bonchev–Trinajstić information content (AvgIpc) is 3.44. The SMILES string of the molecule is CNC(=O)[C@H]1O[C@@H](n2cnc3c(N)nc(C#CCN(C)C(=O)c4ccc(OC)c(F)c4)nc32)[C@H](O)[C@@H]1O. The van der Waals surface area contributed by atoms with Crippen LogP contribution < -0.4 is 15.8 Å². The number of fused-ring (bicyclic) bond motifs is 1. The quantitative estimate of drug-likeness (QED) is 0.311. The second-order valence-corrected chi connectivity index (χ2v) is 8.11. The van der Waals surface area contributed by atoms with Crippen LogP contribution in [-0.4, -0.2) is 92.5 Å². The van der Waals surface area contributed by atoms with Crippen molar-refractivity contribution >= 4 is 28.8 Å². The fourth-order valence-corrected chi connectivity index (χ4v) is 3.76. The number of aromatic nitrogens is 4. The molecule has 3 heterocycles. The summed E-state index contributed by atoms with van der Waals surface area (Å²) in [6.07, 6.45) is -4.11. The van der Waals surface area contributed by atoms with E-state index in [1.807, 2.05) is 0 Å². The molecule has 0 saturated carbocycles. The van der Waals surface area contributed by atoms with Gasteiger partial charge in [0.2, 0.25) is 5.82 Å². The number of methoxy groups -OCH3 is 1. The van der Waals surface area contributed by atoms with Gasteiger partial charge in [0.05, 0.1) is 20.0 Å². The van der Waals surface area contributed by atoms with Crippen molar-refractivity contribution in [3.05, 3.63) is 41.7 Å². The number of aliphatic hydroxyl groups is 2. The number of halogens is 1. The van der Waals surface area contributed by atoms with Crippen molar-refractivity contribution in [2.75, 3.05) is 33.5 Å². The molecule has 1 aromatic carbocycles. The molecule has 4 rings (SSSR count). The lowest BCUT2D eigenvalue weighted by atomic mass is 10.1. The third-order valence-electron chi connectivity index (χ3n) is 5.73. The summed E-state index contributed by atoms with van der Waals surface area (Å²) in [5.74, 6) is 3.78. The molecule has 3 aromatic rings. The first-order chi connectivity index (χ1) is 17.7. The van der Waals surface area contributed by atoms with Gasteiger partial charge in [0, 0.05) is 19.7 Å². The Bertz CT molecular complexity index is 1420. The number of benzene rings is 1. The van der Waals surface area contributed by atoms with E-state index in [-0.39, 0.29) is 40.7 Å². The molecule has 194 valence electrons. The van der Waals surface area contributed by atoms with Crippen molar-refractivity contribution in [3.63, 3.8) is 0 Å². The van der Waals surface area contributed by atoms with Gasteiger partial charge < -0.3 is 35.6 Å². The van der Waals surface area contributed by atoms with E-state index >= 15 is 0 Å². The number of hydrogen-bond donors (Lipinski definition) is 4. The number of aliphatic hydroxyl groups excluding tert-OH is 2. The van der Waals surface area contributed by atoms with Crippen LogP contribution in [0.2, 0.25) is 0 Å². The van der Waals surface area contributed by atoms with Gasteiger partial charge in [0.1, 0.15) is 17.7 Å². The highest BCUT2D eigenvalue weighted by Crippen LogP contribution is 2.32. The molecule has 1 aliphatic rings. The van der Waals surface area contributed by atoms with Gasteiger partial charge >= 0.3 is 0 Å². The van der Waals surface area contributed by atoms with Crippen LogP contribution in [-0.2, 0) is 9.53 Å². The average molecular weight is 513 g/mol. The Morgan fingerprint density at radius 2 is 2.08 bits per heavy atom. The molecule has 0 unspecified atom stereocenters. The summed E-state index contributed by atoms with van der Waals surface area (Å²) in [5, 5.41) is 23.1. The number of imidazole rings is 1. The first-order valence-corrected chi connectivity index (χ1v) is 11.0. The molecule has 0 spiro atoms.